The number of hydrogen-bond acceptors (Lipinski definition) is 14. The highest BCUT2D eigenvalue weighted by Gasteiger charge is 2.30. The summed E-state index contributed by atoms with van der Waals surface area (Å²) < 4.78 is 3.78. The minimum Gasteiger partial charge on any atom is -0.480 e. The number of aliphatic carboxylic acids is 4. The maximum absolute atomic E-state index is 11.2. The Balaban J connectivity index is 0.000000216. The molecule has 0 fully saturated rings. The fourth-order valence-corrected chi connectivity index (χ4v) is 8.87. The normalized spacial score (nSPS) is 14.8. The maximum Gasteiger partial charge on any atom is 0.327 e. The van der Waals surface area contributed by atoms with Crippen molar-refractivity contribution >= 4 is 119 Å². The zero-order valence-corrected chi connectivity index (χ0v) is 38.5. The SMILES string of the molecule is NC(CCS)C(=O)O.NC(CS)C(=O)O.O=C(O)C1CCSc2c3ccccc3cn21.O=C(O)C1CSc2c3ccccc3cn21.O=Cc1ccccc1C=O.O=Cc1ccccc1C=O. The first-order valence-electron chi connectivity index (χ1n) is 19.7. The summed E-state index contributed by atoms with van der Waals surface area (Å²) in [6.07, 6.45) is 7.70. The Morgan fingerprint density at radius 1 is 0.591 bits per heavy atom. The second-order valence-corrected chi connectivity index (χ2v) is 16.7. The highest BCUT2D eigenvalue weighted by atomic mass is 32.2. The number of aromatic nitrogens is 2. The Bertz CT molecular complexity index is 2510. The molecule has 8 N–H and O–H groups in total. The van der Waals surface area contributed by atoms with Gasteiger partial charge in [-0.15, -0.1) is 23.5 Å². The predicted octanol–water partition coefficient (Wildman–Crippen LogP) is 6.81. The molecule has 4 aromatic carbocycles. The molecule has 0 saturated heterocycles. The van der Waals surface area contributed by atoms with Crippen molar-refractivity contribution < 1.29 is 58.8 Å². The summed E-state index contributed by atoms with van der Waals surface area (Å²) in [5.41, 5.74) is 11.8. The molecule has 0 amide bonds. The van der Waals surface area contributed by atoms with Crippen LogP contribution in [0.3, 0.4) is 0 Å². The van der Waals surface area contributed by atoms with Crippen LogP contribution in [-0.2, 0) is 19.2 Å². The summed E-state index contributed by atoms with van der Waals surface area (Å²) in [6, 6.07) is 27.0. The van der Waals surface area contributed by atoms with Crippen molar-refractivity contribution in [2.45, 2.75) is 47.1 Å². The molecule has 0 saturated carbocycles. The Kier molecular flexibility index (Phi) is 23.0. The van der Waals surface area contributed by atoms with Gasteiger partial charge in [-0.1, -0.05) is 97.1 Å². The minimum atomic E-state index is -1.00. The third-order valence-corrected chi connectivity index (χ3v) is 12.4. The molecule has 16 nitrogen and oxygen atoms in total. The summed E-state index contributed by atoms with van der Waals surface area (Å²) >= 11 is 10.8. The van der Waals surface area contributed by atoms with Gasteiger partial charge in [0.1, 0.15) is 24.2 Å². The molecule has 0 spiro atoms. The number of carbonyl (C=O) groups is 8. The number of thioether (sulfide) groups is 2. The average molecular weight is 977 g/mol. The van der Waals surface area contributed by atoms with Crippen molar-refractivity contribution in [3.63, 3.8) is 0 Å². The summed E-state index contributed by atoms with van der Waals surface area (Å²) in [7, 11) is 0. The van der Waals surface area contributed by atoms with Gasteiger partial charge in [0.25, 0.3) is 0 Å². The first-order chi connectivity index (χ1) is 31.7. The number of fused-ring (bicyclic) bond motifs is 6. The number of rotatable bonds is 11. The molecule has 2 aliphatic heterocycles. The van der Waals surface area contributed by atoms with Crippen LogP contribution in [0.25, 0.3) is 21.5 Å². The van der Waals surface area contributed by atoms with E-state index in [1.54, 1.807) is 72.1 Å². The molecule has 66 heavy (non-hydrogen) atoms. The molecule has 4 unspecified atom stereocenters. The Hall–Kier alpha value is -6.16. The Morgan fingerprint density at radius 3 is 1.30 bits per heavy atom. The number of hydrogen-bond donors (Lipinski definition) is 8. The predicted molar refractivity (Wildman–Crippen MR) is 261 cm³/mol. The van der Waals surface area contributed by atoms with E-state index in [4.69, 9.17) is 26.8 Å². The number of nitrogens with zero attached hydrogens (tertiary/aromatic N) is 2. The van der Waals surface area contributed by atoms with Crippen LogP contribution in [0, 0.1) is 0 Å². The van der Waals surface area contributed by atoms with Crippen LogP contribution in [0.15, 0.2) is 120 Å². The molecule has 2 aromatic heterocycles. The number of aldehydes is 4. The van der Waals surface area contributed by atoms with Crippen LogP contribution in [0.2, 0.25) is 0 Å². The molecule has 4 atom stereocenters. The summed E-state index contributed by atoms with van der Waals surface area (Å²) in [5.74, 6) is -1.22. The van der Waals surface area contributed by atoms with Crippen molar-refractivity contribution in [3.8, 4) is 0 Å². The number of carbonyl (C=O) groups excluding carboxylic acids is 4. The molecule has 8 rings (SSSR count). The zero-order valence-electron chi connectivity index (χ0n) is 35.1. The average Bonchev–Trinajstić information content (AvgIpc) is 4.04. The van der Waals surface area contributed by atoms with E-state index >= 15 is 0 Å². The largest absolute Gasteiger partial charge is 0.480 e. The van der Waals surface area contributed by atoms with Crippen LogP contribution in [0.1, 0.15) is 66.4 Å². The van der Waals surface area contributed by atoms with E-state index in [-0.39, 0.29) is 5.75 Å². The molecular weight excluding hydrogens is 929 g/mol. The summed E-state index contributed by atoms with van der Waals surface area (Å²) in [6.45, 7) is 0. The fraction of sp³-hybridized carbons (Fsp3) is 0.217. The van der Waals surface area contributed by atoms with Crippen LogP contribution < -0.4 is 11.5 Å². The standard InChI is InChI=1S/C12H11NO2S.C11H9NO2S.2C8H6O2.C4H9NO2S.C3H7NO2S/c14-12(15)10-5-6-16-11-9-4-2-1-3-8(9)7-13(10)11;13-11(14)9-6-15-10-8-4-2-1-3-7(8)5-12(9)10;2*9-5-7-3-1-2-4-8(7)6-10;5-3(1-2-8)4(6)7;4-2(1-7)3(5)6/h1-4,7,10H,5-6H2,(H,14,15);1-5,9H,6H2,(H,13,14);2*1-6H;3,8H,1-2,5H2,(H,6,7);2,7H,1,4H2,(H,5,6). The van der Waals surface area contributed by atoms with Gasteiger partial charge >= 0.3 is 23.9 Å². The van der Waals surface area contributed by atoms with Crippen LogP contribution in [0.5, 0.6) is 0 Å². The van der Waals surface area contributed by atoms with E-state index in [2.05, 4.69) is 31.3 Å². The third-order valence-electron chi connectivity index (χ3n) is 9.43. The van der Waals surface area contributed by atoms with Crippen molar-refractivity contribution in [3.05, 3.63) is 132 Å². The summed E-state index contributed by atoms with van der Waals surface area (Å²) in [5, 5.41) is 41.1. The van der Waals surface area contributed by atoms with E-state index in [0.29, 0.717) is 71.7 Å². The molecule has 6 aromatic rings. The molecule has 348 valence electrons. The van der Waals surface area contributed by atoms with Gasteiger partial charge in [-0.2, -0.15) is 25.3 Å². The lowest BCUT2D eigenvalue weighted by atomic mass is 10.1. The third kappa shape index (κ3) is 15.5. The number of carboxylic acid groups (broad SMARTS) is 4. The lowest BCUT2D eigenvalue weighted by Crippen LogP contribution is -2.31. The van der Waals surface area contributed by atoms with Crippen molar-refractivity contribution in [2.75, 3.05) is 23.0 Å². The highest BCUT2D eigenvalue weighted by Crippen LogP contribution is 2.40. The lowest BCUT2D eigenvalue weighted by molar-refractivity contribution is -0.141. The first kappa shape index (κ1) is 54.2. The van der Waals surface area contributed by atoms with Crippen LogP contribution in [-0.4, -0.2) is 114 Å². The molecule has 0 aliphatic carbocycles. The monoisotopic (exact) mass is 976 g/mol. The summed E-state index contributed by atoms with van der Waals surface area (Å²) in [4.78, 5) is 82.8. The molecule has 2 aliphatic rings. The highest BCUT2D eigenvalue weighted by molar-refractivity contribution is 7.99. The fourth-order valence-electron chi connectivity index (χ4n) is 5.94. The number of carboxylic acids is 4. The van der Waals surface area contributed by atoms with E-state index in [0.717, 1.165) is 32.0 Å². The second-order valence-electron chi connectivity index (χ2n) is 13.8. The number of nitrogens with two attached hydrogens (primary N) is 2. The van der Waals surface area contributed by atoms with Gasteiger partial charge in [-0.25, -0.2) is 9.59 Å². The van der Waals surface area contributed by atoms with Gasteiger partial charge in [0.2, 0.25) is 0 Å². The van der Waals surface area contributed by atoms with E-state index in [1.165, 1.54) is 5.39 Å². The van der Waals surface area contributed by atoms with E-state index in [9.17, 15) is 43.5 Å². The molecule has 0 bridgehead atoms. The molecule has 20 heteroatoms. The maximum atomic E-state index is 11.2. The van der Waals surface area contributed by atoms with Crippen molar-refractivity contribution in [1.29, 1.82) is 0 Å². The zero-order chi connectivity index (χ0) is 48.8. The lowest BCUT2D eigenvalue weighted by Gasteiger charge is -2.22. The van der Waals surface area contributed by atoms with E-state index < -0.39 is 48.0 Å². The minimum absolute atomic E-state index is 0.190. The van der Waals surface area contributed by atoms with Gasteiger partial charge in [-0.3, -0.25) is 28.8 Å². The Labute approximate surface area is 398 Å². The van der Waals surface area contributed by atoms with Crippen molar-refractivity contribution in [2.24, 2.45) is 11.5 Å². The van der Waals surface area contributed by atoms with Crippen LogP contribution in [0.4, 0.5) is 0 Å². The smallest absolute Gasteiger partial charge is 0.327 e. The molecular formula is C46H48N4O12S4. The topological polar surface area (TPSA) is 279 Å². The van der Waals surface area contributed by atoms with E-state index in [1.807, 2.05) is 64.0 Å². The quantitative estimate of drug-likeness (QED) is 0.0489. The molecule has 4 heterocycles. The van der Waals surface area contributed by atoms with Gasteiger partial charge < -0.3 is 41.0 Å². The van der Waals surface area contributed by atoms with Gasteiger partial charge in [0, 0.05) is 73.5 Å². The number of benzene rings is 4. The van der Waals surface area contributed by atoms with Crippen molar-refractivity contribution in [1.82, 2.24) is 9.13 Å². The number of thiol groups is 2. The van der Waals surface area contributed by atoms with Gasteiger partial charge in [-0.05, 0) is 18.6 Å². The van der Waals surface area contributed by atoms with Crippen LogP contribution >= 0.6 is 48.8 Å². The van der Waals surface area contributed by atoms with Gasteiger partial charge in [0.05, 0.1) is 10.1 Å². The first-order valence-corrected chi connectivity index (χ1v) is 23.0. The molecule has 0 radical (unpaired) electrons. The Morgan fingerprint density at radius 2 is 0.970 bits per heavy atom. The van der Waals surface area contributed by atoms with Gasteiger partial charge in [0.15, 0.2) is 25.1 Å². The second kappa shape index (κ2) is 28.0.